The van der Waals surface area contributed by atoms with Crippen molar-refractivity contribution in [2.75, 3.05) is 6.61 Å². The highest BCUT2D eigenvalue weighted by Crippen LogP contribution is 2.34. The molecule has 4 nitrogen and oxygen atoms in total. The molecule has 1 aliphatic carbocycles. The van der Waals surface area contributed by atoms with Crippen LogP contribution < -0.4 is 5.32 Å². The first kappa shape index (κ1) is 12.3. The zero-order valence-electron chi connectivity index (χ0n) is 9.75. The smallest absolute Gasteiger partial charge is 0.407 e. The minimum absolute atomic E-state index is 0.0892. The van der Waals surface area contributed by atoms with Gasteiger partial charge in [-0.15, -0.1) is 0 Å². The zero-order valence-corrected chi connectivity index (χ0v) is 9.75. The molecule has 0 heterocycles. The van der Waals surface area contributed by atoms with E-state index in [1.807, 2.05) is 20.8 Å². The fraction of sp³-hybridized carbons (Fsp3) is 0.909. The summed E-state index contributed by atoms with van der Waals surface area (Å²) in [4.78, 5) is 11.4. The molecule has 15 heavy (non-hydrogen) atoms. The molecule has 0 spiro atoms. The van der Waals surface area contributed by atoms with E-state index in [0.29, 0.717) is 5.92 Å². The molecule has 1 saturated carbocycles. The van der Waals surface area contributed by atoms with E-state index in [9.17, 15) is 4.79 Å². The number of carbonyl (C=O) groups is 1. The average Bonchev–Trinajstić information content (AvgIpc) is 2.83. The number of hydrogen-bond acceptors (Lipinski definition) is 3. The number of amides is 1. The highest BCUT2D eigenvalue weighted by Gasteiger charge is 2.27. The van der Waals surface area contributed by atoms with Crippen LogP contribution in [-0.2, 0) is 4.74 Å². The quantitative estimate of drug-likeness (QED) is 0.750. The van der Waals surface area contributed by atoms with Crippen LogP contribution >= 0.6 is 0 Å². The van der Waals surface area contributed by atoms with Gasteiger partial charge >= 0.3 is 6.09 Å². The van der Waals surface area contributed by atoms with E-state index >= 15 is 0 Å². The molecule has 0 aromatic rings. The van der Waals surface area contributed by atoms with Crippen molar-refractivity contribution in [3.05, 3.63) is 0 Å². The van der Waals surface area contributed by atoms with Crippen molar-refractivity contribution in [1.82, 2.24) is 5.32 Å². The lowest BCUT2D eigenvalue weighted by Crippen LogP contribution is -2.42. The molecule has 1 aliphatic rings. The Balaban J connectivity index is 2.27. The van der Waals surface area contributed by atoms with E-state index in [2.05, 4.69) is 5.32 Å². The Kier molecular flexibility index (Phi) is 3.97. The van der Waals surface area contributed by atoms with E-state index in [4.69, 9.17) is 9.84 Å². The SMILES string of the molecule is CC(C)(C)NC(=O)O[C@@H](CO)CC1CC1. The van der Waals surface area contributed by atoms with Crippen LogP contribution in [0.4, 0.5) is 4.79 Å². The molecule has 0 unspecified atom stereocenters. The largest absolute Gasteiger partial charge is 0.444 e. The number of nitrogens with one attached hydrogen (secondary N) is 1. The number of ether oxygens (including phenoxy) is 1. The minimum atomic E-state index is -0.442. The molecule has 0 bridgehead atoms. The van der Waals surface area contributed by atoms with E-state index in [0.717, 1.165) is 6.42 Å². The normalized spacial score (nSPS) is 18.4. The summed E-state index contributed by atoms with van der Waals surface area (Å²) in [6, 6.07) is 0. The molecule has 1 rings (SSSR count). The molecule has 0 radical (unpaired) electrons. The first-order valence-corrected chi connectivity index (χ1v) is 5.50. The Morgan fingerprint density at radius 2 is 2.13 bits per heavy atom. The Morgan fingerprint density at radius 3 is 2.53 bits per heavy atom. The summed E-state index contributed by atoms with van der Waals surface area (Å²) < 4.78 is 5.13. The van der Waals surface area contributed by atoms with Gasteiger partial charge in [-0.1, -0.05) is 12.8 Å². The molecule has 0 saturated heterocycles. The van der Waals surface area contributed by atoms with Crippen molar-refractivity contribution in [2.24, 2.45) is 5.92 Å². The highest BCUT2D eigenvalue weighted by molar-refractivity contribution is 5.68. The second kappa shape index (κ2) is 4.84. The van der Waals surface area contributed by atoms with Crippen LogP contribution in [0.2, 0.25) is 0 Å². The molecule has 0 aromatic heterocycles. The van der Waals surface area contributed by atoms with Crippen molar-refractivity contribution in [2.45, 2.75) is 51.7 Å². The maximum atomic E-state index is 11.4. The highest BCUT2D eigenvalue weighted by atomic mass is 16.6. The number of alkyl carbamates (subject to hydrolysis) is 1. The van der Waals surface area contributed by atoms with Gasteiger partial charge < -0.3 is 15.2 Å². The van der Waals surface area contributed by atoms with Crippen LogP contribution in [-0.4, -0.2) is 29.4 Å². The maximum absolute atomic E-state index is 11.4. The molecule has 1 atom stereocenters. The summed E-state index contributed by atoms with van der Waals surface area (Å²) in [7, 11) is 0. The van der Waals surface area contributed by atoms with E-state index in [-0.39, 0.29) is 18.2 Å². The van der Waals surface area contributed by atoms with Gasteiger partial charge in [0.2, 0.25) is 0 Å². The van der Waals surface area contributed by atoms with Crippen molar-refractivity contribution in [1.29, 1.82) is 0 Å². The first-order valence-electron chi connectivity index (χ1n) is 5.50. The van der Waals surface area contributed by atoms with Gasteiger partial charge in [0.05, 0.1) is 6.61 Å². The van der Waals surface area contributed by atoms with Crippen LogP contribution in [0.25, 0.3) is 0 Å². The lowest BCUT2D eigenvalue weighted by Gasteiger charge is -2.22. The maximum Gasteiger partial charge on any atom is 0.407 e. The molecule has 0 aromatic carbocycles. The molecular weight excluding hydrogens is 194 g/mol. The number of carbonyl (C=O) groups excluding carboxylic acids is 1. The zero-order chi connectivity index (χ0) is 11.5. The molecule has 0 aliphatic heterocycles. The lowest BCUT2D eigenvalue weighted by atomic mass is 10.1. The van der Waals surface area contributed by atoms with Gasteiger partial charge in [-0.25, -0.2) is 4.79 Å². The predicted molar refractivity (Wildman–Crippen MR) is 57.6 cm³/mol. The summed E-state index contributed by atoms with van der Waals surface area (Å²) in [6.07, 6.45) is 2.39. The van der Waals surface area contributed by atoms with Gasteiger partial charge in [0.25, 0.3) is 0 Å². The monoisotopic (exact) mass is 215 g/mol. The lowest BCUT2D eigenvalue weighted by molar-refractivity contribution is 0.0459. The van der Waals surface area contributed by atoms with Crippen molar-refractivity contribution < 1.29 is 14.6 Å². The van der Waals surface area contributed by atoms with E-state index in [1.54, 1.807) is 0 Å². The average molecular weight is 215 g/mol. The summed E-state index contributed by atoms with van der Waals surface area (Å²) in [5, 5.41) is 11.8. The number of aliphatic hydroxyl groups is 1. The second-order valence-corrected chi connectivity index (χ2v) is 5.26. The molecule has 1 amide bonds. The van der Waals surface area contributed by atoms with E-state index in [1.165, 1.54) is 12.8 Å². The third-order valence-electron chi connectivity index (χ3n) is 2.25. The van der Waals surface area contributed by atoms with Gasteiger partial charge in [-0.3, -0.25) is 0 Å². The van der Waals surface area contributed by atoms with Crippen LogP contribution in [0.3, 0.4) is 0 Å². The topological polar surface area (TPSA) is 58.6 Å². The standard InChI is InChI=1S/C11H21NO3/c1-11(2,3)12-10(14)15-9(7-13)6-8-4-5-8/h8-9,13H,4-7H2,1-3H3,(H,12,14)/t9-/m1/s1. The Morgan fingerprint density at radius 1 is 1.53 bits per heavy atom. The minimum Gasteiger partial charge on any atom is -0.444 e. The summed E-state index contributed by atoms with van der Waals surface area (Å²) in [6.45, 7) is 5.59. The molecule has 2 N–H and O–H groups in total. The van der Waals surface area contributed by atoms with Crippen molar-refractivity contribution in [3.63, 3.8) is 0 Å². The van der Waals surface area contributed by atoms with Crippen LogP contribution in [0.15, 0.2) is 0 Å². The Bertz CT molecular complexity index is 218. The molecule has 1 fully saturated rings. The fourth-order valence-corrected chi connectivity index (χ4v) is 1.37. The molecular formula is C11H21NO3. The van der Waals surface area contributed by atoms with Crippen molar-refractivity contribution >= 4 is 6.09 Å². The second-order valence-electron chi connectivity index (χ2n) is 5.26. The number of rotatable bonds is 4. The van der Waals surface area contributed by atoms with E-state index < -0.39 is 6.09 Å². The summed E-state index contributed by atoms with van der Waals surface area (Å²) in [5.74, 6) is 0.643. The summed E-state index contributed by atoms with van der Waals surface area (Å²) >= 11 is 0. The van der Waals surface area contributed by atoms with Gasteiger partial charge in [-0.05, 0) is 33.1 Å². The molecule has 88 valence electrons. The predicted octanol–water partition coefficient (Wildman–Crippen LogP) is 1.67. The van der Waals surface area contributed by atoms with Crippen LogP contribution in [0.5, 0.6) is 0 Å². The van der Waals surface area contributed by atoms with Crippen LogP contribution in [0, 0.1) is 5.92 Å². The third-order valence-corrected chi connectivity index (χ3v) is 2.25. The molecule has 4 heteroatoms. The van der Waals surface area contributed by atoms with Gasteiger partial charge in [0.1, 0.15) is 6.10 Å². The number of hydrogen-bond donors (Lipinski definition) is 2. The number of aliphatic hydroxyl groups excluding tert-OH is 1. The van der Waals surface area contributed by atoms with Crippen LogP contribution in [0.1, 0.15) is 40.0 Å². The summed E-state index contributed by atoms with van der Waals surface area (Å²) in [5.41, 5.74) is -0.295. The van der Waals surface area contributed by atoms with Gasteiger partial charge in [-0.2, -0.15) is 0 Å². The Hall–Kier alpha value is -0.770. The van der Waals surface area contributed by atoms with Gasteiger partial charge in [0, 0.05) is 5.54 Å². The third kappa shape index (κ3) is 5.62. The Labute approximate surface area is 91.0 Å². The fourth-order valence-electron chi connectivity index (χ4n) is 1.37. The first-order chi connectivity index (χ1) is 6.90. The van der Waals surface area contributed by atoms with Gasteiger partial charge in [0.15, 0.2) is 0 Å². The van der Waals surface area contributed by atoms with Crippen molar-refractivity contribution in [3.8, 4) is 0 Å².